The fraction of sp³-hybridized carbons (Fsp3) is 0.364. The van der Waals surface area contributed by atoms with Gasteiger partial charge in [0.1, 0.15) is 11.4 Å². The Hall–Kier alpha value is -2.49. The van der Waals surface area contributed by atoms with E-state index < -0.39 is 33.2 Å². The molecule has 0 saturated carbocycles. The number of hydrogen-bond donors (Lipinski definition) is 1. The first kappa shape index (κ1) is 24.2. The second kappa shape index (κ2) is 9.17. The average molecular weight is 482 g/mol. The zero-order valence-corrected chi connectivity index (χ0v) is 19.6. The number of hydrogen-bond acceptors (Lipinski definition) is 4. The van der Waals surface area contributed by atoms with Gasteiger partial charge in [-0.3, -0.25) is 14.5 Å². The van der Waals surface area contributed by atoms with Crippen molar-refractivity contribution in [2.75, 3.05) is 23.7 Å². The third-order valence-electron chi connectivity index (χ3n) is 5.63. The number of carbonyl (C=O) groups excluding carboxylic acids is 2. The van der Waals surface area contributed by atoms with Crippen LogP contribution in [0.2, 0.25) is 5.02 Å². The van der Waals surface area contributed by atoms with Crippen molar-refractivity contribution in [2.24, 2.45) is 0 Å². The summed E-state index contributed by atoms with van der Waals surface area (Å²) in [6, 6.07) is 10.7. The Morgan fingerprint density at radius 3 is 2.50 bits per heavy atom. The molecular weight excluding hydrogens is 457 g/mol. The molecule has 2 amide bonds. The summed E-state index contributed by atoms with van der Waals surface area (Å²) >= 11 is 6.26. The number of nitrogens with zero attached hydrogens (tertiary/aromatic N) is 2. The minimum absolute atomic E-state index is 0.0891. The summed E-state index contributed by atoms with van der Waals surface area (Å²) in [7, 11) is -3.72. The van der Waals surface area contributed by atoms with Gasteiger partial charge in [-0.15, -0.1) is 0 Å². The number of benzene rings is 2. The van der Waals surface area contributed by atoms with E-state index in [0.717, 1.165) is 4.31 Å². The molecule has 1 fully saturated rings. The van der Waals surface area contributed by atoms with Crippen molar-refractivity contribution in [1.29, 1.82) is 0 Å². The molecule has 0 bridgehead atoms. The molecule has 7 nitrogen and oxygen atoms in total. The number of carbonyl (C=O) groups is 2. The molecule has 0 aliphatic carbocycles. The van der Waals surface area contributed by atoms with Gasteiger partial charge < -0.3 is 5.32 Å². The monoisotopic (exact) mass is 481 g/mol. The van der Waals surface area contributed by atoms with E-state index in [2.05, 4.69) is 5.32 Å². The molecule has 1 N–H and O–H groups in total. The number of rotatable bonds is 6. The summed E-state index contributed by atoms with van der Waals surface area (Å²) < 4.78 is 39.3. The zero-order chi connectivity index (χ0) is 23.7. The molecule has 172 valence electrons. The van der Waals surface area contributed by atoms with Gasteiger partial charge in [-0.05, 0) is 56.2 Å². The normalized spacial score (nSPS) is 19.8. The van der Waals surface area contributed by atoms with E-state index in [9.17, 15) is 22.4 Å². The van der Waals surface area contributed by atoms with E-state index in [1.54, 1.807) is 25.1 Å². The second-order valence-electron chi connectivity index (χ2n) is 7.86. The zero-order valence-electron chi connectivity index (χ0n) is 18.1. The largest absolute Gasteiger partial charge is 0.350 e. The van der Waals surface area contributed by atoms with E-state index in [1.165, 1.54) is 43.0 Å². The minimum Gasteiger partial charge on any atom is -0.350 e. The van der Waals surface area contributed by atoms with E-state index in [4.69, 9.17) is 11.6 Å². The lowest BCUT2D eigenvalue weighted by molar-refractivity contribution is -0.133. The number of nitrogens with one attached hydrogen (secondary N) is 1. The molecular formula is C22H25ClFN3O4S. The van der Waals surface area contributed by atoms with Gasteiger partial charge in [-0.1, -0.05) is 29.8 Å². The van der Waals surface area contributed by atoms with Crippen molar-refractivity contribution in [1.82, 2.24) is 9.62 Å². The molecule has 0 aromatic heterocycles. The first-order valence-corrected chi connectivity index (χ1v) is 12.1. The molecule has 1 aliphatic rings. The molecule has 1 heterocycles. The van der Waals surface area contributed by atoms with Crippen LogP contribution in [0.1, 0.15) is 25.0 Å². The summed E-state index contributed by atoms with van der Waals surface area (Å²) in [5.74, 6) is -1.65. The summed E-state index contributed by atoms with van der Waals surface area (Å²) in [5, 5.41) is 3.19. The molecule has 10 heteroatoms. The lowest BCUT2D eigenvalue weighted by Crippen LogP contribution is -2.70. The van der Waals surface area contributed by atoms with Crippen LogP contribution in [-0.2, 0) is 26.2 Å². The first-order valence-electron chi connectivity index (χ1n) is 10.1. The van der Waals surface area contributed by atoms with Gasteiger partial charge in [0.2, 0.25) is 21.8 Å². The number of amides is 2. The number of halogens is 2. The van der Waals surface area contributed by atoms with Crippen LogP contribution in [0.15, 0.2) is 42.5 Å². The molecule has 3 rings (SSSR count). The van der Waals surface area contributed by atoms with Gasteiger partial charge in [-0.25, -0.2) is 12.8 Å². The lowest BCUT2D eigenvalue weighted by atomic mass is 9.93. The highest BCUT2D eigenvalue weighted by Gasteiger charge is 2.51. The Bertz CT molecular complexity index is 1140. The molecule has 1 aliphatic heterocycles. The van der Waals surface area contributed by atoms with Gasteiger partial charge in [0.25, 0.3) is 0 Å². The van der Waals surface area contributed by atoms with Gasteiger partial charge in [0.15, 0.2) is 0 Å². The third-order valence-corrected chi connectivity index (χ3v) is 7.82. The smallest absolute Gasteiger partial charge is 0.247 e. The van der Waals surface area contributed by atoms with Crippen molar-refractivity contribution in [3.05, 3.63) is 64.4 Å². The van der Waals surface area contributed by atoms with Gasteiger partial charge in [-0.2, -0.15) is 4.31 Å². The number of sulfonamides is 1. The quantitative estimate of drug-likeness (QED) is 0.687. The Kier molecular flexibility index (Phi) is 6.92. The van der Waals surface area contributed by atoms with Crippen LogP contribution in [0.5, 0.6) is 0 Å². The predicted octanol–water partition coefficient (Wildman–Crippen LogP) is 2.86. The maximum absolute atomic E-state index is 13.4. The van der Waals surface area contributed by atoms with E-state index in [0.29, 0.717) is 21.8 Å². The van der Waals surface area contributed by atoms with Crippen LogP contribution in [0.3, 0.4) is 0 Å². The van der Waals surface area contributed by atoms with Crippen molar-refractivity contribution >= 4 is 39.1 Å². The van der Waals surface area contributed by atoms with Crippen LogP contribution in [0, 0.1) is 12.7 Å². The van der Waals surface area contributed by atoms with E-state index in [1.807, 2.05) is 0 Å². The molecule has 32 heavy (non-hydrogen) atoms. The van der Waals surface area contributed by atoms with Crippen LogP contribution in [0.4, 0.5) is 10.1 Å². The average Bonchev–Trinajstić information content (AvgIpc) is 2.75. The molecule has 1 saturated heterocycles. The topological polar surface area (TPSA) is 86.8 Å². The predicted molar refractivity (Wildman–Crippen MR) is 121 cm³/mol. The van der Waals surface area contributed by atoms with Crippen LogP contribution >= 0.6 is 11.6 Å². The highest BCUT2D eigenvalue weighted by atomic mass is 35.5. The Labute approximate surface area is 192 Å². The fourth-order valence-corrected chi connectivity index (χ4v) is 5.02. The molecule has 2 aromatic carbocycles. The SMILES string of the molecule is CCS(=O)(=O)N1CC(=O)N(c2cccc(Cl)c2C)C(C)(C(=O)NCc2ccc(F)cc2)C1. The van der Waals surface area contributed by atoms with Gasteiger partial charge >= 0.3 is 0 Å². The lowest BCUT2D eigenvalue weighted by Gasteiger charge is -2.47. The molecule has 2 aromatic rings. The summed E-state index contributed by atoms with van der Waals surface area (Å²) in [6.07, 6.45) is 0. The van der Waals surface area contributed by atoms with Crippen LogP contribution in [0.25, 0.3) is 0 Å². The molecule has 1 atom stereocenters. The summed E-state index contributed by atoms with van der Waals surface area (Å²) in [6.45, 7) is 4.25. The molecule has 0 radical (unpaired) electrons. The van der Waals surface area contributed by atoms with Crippen molar-refractivity contribution in [2.45, 2.75) is 32.9 Å². The van der Waals surface area contributed by atoms with Crippen LogP contribution < -0.4 is 10.2 Å². The second-order valence-corrected chi connectivity index (χ2v) is 10.5. The standard InChI is InChI=1S/C22H25ClFN3O4S/c1-4-32(30,31)26-13-20(28)27(19-7-5-6-18(23)15(19)2)22(3,14-26)21(29)25-12-16-8-10-17(24)11-9-16/h5-11H,4,12-14H2,1-3H3,(H,25,29). The van der Waals surface area contributed by atoms with Crippen LogP contribution in [-0.4, -0.2) is 48.9 Å². The van der Waals surface area contributed by atoms with Gasteiger partial charge in [0, 0.05) is 23.8 Å². The number of anilines is 1. The number of piperazine rings is 1. The van der Waals surface area contributed by atoms with Crippen molar-refractivity contribution in [3.63, 3.8) is 0 Å². The maximum Gasteiger partial charge on any atom is 0.247 e. The fourth-order valence-electron chi connectivity index (χ4n) is 3.73. The minimum atomic E-state index is -3.72. The Morgan fingerprint density at radius 1 is 1.22 bits per heavy atom. The third kappa shape index (κ3) is 4.65. The van der Waals surface area contributed by atoms with Gasteiger partial charge in [0.05, 0.1) is 12.3 Å². The molecule has 1 unspecified atom stereocenters. The summed E-state index contributed by atoms with van der Waals surface area (Å²) in [4.78, 5) is 28.0. The highest BCUT2D eigenvalue weighted by Crippen LogP contribution is 2.35. The van der Waals surface area contributed by atoms with E-state index in [-0.39, 0.29) is 25.4 Å². The Morgan fingerprint density at radius 2 is 1.88 bits per heavy atom. The van der Waals surface area contributed by atoms with Crippen molar-refractivity contribution in [3.8, 4) is 0 Å². The van der Waals surface area contributed by atoms with Crippen molar-refractivity contribution < 1.29 is 22.4 Å². The first-order chi connectivity index (χ1) is 15.0. The maximum atomic E-state index is 13.4. The molecule has 0 spiro atoms. The van der Waals surface area contributed by atoms with E-state index >= 15 is 0 Å². The summed E-state index contributed by atoms with van der Waals surface area (Å²) in [5.41, 5.74) is 0.170. The highest BCUT2D eigenvalue weighted by molar-refractivity contribution is 7.89. The Balaban J connectivity index is 2.00.